The minimum absolute atomic E-state index is 0.218. The van der Waals surface area contributed by atoms with E-state index in [0.717, 1.165) is 46.5 Å². The molecule has 162 valence electrons. The number of nitrogens with one attached hydrogen (secondary N) is 1. The van der Waals surface area contributed by atoms with Crippen molar-refractivity contribution in [3.63, 3.8) is 0 Å². The lowest BCUT2D eigenvalue weighted by atomic mass is 10.1. The molecule has 2 aromatic carbocycles. The van der Waals surface area contributed by atoms with Crippen molar-refractivity contribution < 1.29 is 48.1 Å². The van der Waals surface area contributed by atoms with Crippen LogP contribution in [0.5, 0.6) is 11.5 Å². The molecule has 0 aliphatic carbocycles. The molecular formula is C20H23ClN2O7. The second-order valence-electron chi connectivity index (χ2n) is 6.54. The molecule has 3 rings (SSSR count). The molecule has 0 atom stereocenters. The van der Waals surface area contributed by atoms with E-state index in [1.165, 1.54) is 0 Å². The van der Waals surface area contributed by atoms with Crippen LogP contribution in [0.4, 0.5) is 0 Å². The monoisotopic (exact) mass is 438 g/mol. The van der Waals surface area contributed by atoms with Gasteiger partial charge in [0.2, 0.25) is 5.36 Å². The maximum Gasteiger partial charge on any atom is 0.213 e. The van der Waals surface area contributed by atoms with Gasteiger partial charge in [-0.2, -0.15) is 0 Å². The molecule has 0 saturated carbocycles. The van der Waals surface area contributed by atoms with Crippen molar-refractivity contribution in [3.8, 4) is 22.8 Å². The van der Waals surface area contributed by atoms with Gasteiger partial charge in [0.25, 0.3) is 0 Å². The van der Waals surface area contributed by atoms with Crippen molar-refractivity contribution in [3.05, 3.63) is 53.9 Å². The Bertz CT molecular complexity index is 1020. The molecule has 2 N–H and O–H groups in total. The summed E-state index contributed by atoms with van der Waals surface area (Å²) in [6.45, 7) is 1.70. The molecule has 0 aliphatic heterocycles. The summed E-state index contributed by atoms with van der Waals surface area (Å²) in [6.07, 6.45) is 0. The van der Waals surface area contributed by atoms with Gasteiger partial charge in [0.15, 0.2) is 6.54 Å². The molecule has 0 radical (unpaired) electrons. The Morgan fingerprint density at radius 3 is 2.23 bits per heavy atom. The van der Waals surface area contributed by atoms with E-state index in [1.54, 1.807) is 25.3 Å². The molecule has 0 bridgehead atoms. The van der Waals surface area contributed by atoms with Crippen molar-refractivity contribution >= 4 is 11.0 Å². The second-order valence-corrected chi connectivity index (χ2v) is 7.30. The summed E-state index contributed by atoms with van der Waals surface area (Å²) in [7, 11) is 0.776. The van der Waals surface area contributed by atoms with Gasteiger partial charge in [-0.15, -0.1) is 10.2 Å². The minimum Gasteiger partial charge on any atom is -0.508 e. The van der Waals surface area contributed by atoms with Gasteiger partial charge < -0.3 is 19.2 Å². The van der Waals surface area contributed by atoms with E-state index in [9.17, 15) is 5.11 Å². The van der Waals surface area contributed by atoms with Crippen molar-refractivity contribution in [2.75, 3.05) is 34.3 Å². The zero-order valence-corrected chi connectivity index (χ0v) is 17.5. The Labute approximate surface area is 175 Å². The maximum absolute atomic E-state index is 9.82. The molecule has 3 aromatic rings. The minimum atomic E-state index is -4.94. The molecule has 1 aromatic heterocycles. The molecule has 0 aliphatic rings. The third kappa shape index (κ3) is 7.64. The van der Waals surface area contributed by atoms with Crippen LogP contribution in [0.1, 0.15) is 0 Å². The van der Waals surface area contributed by atoms with Gasteiger partial charge in [-0.1, -0.05) is 0 Å². The zero-order chi connectivity index (χ0) is 22.3. The van der Waals surface area contributed by atoms with Gasteiger partial charge in [-0.05, 0) is 56.6 Å². The number of fused-ring (bicyclic) bond motifs is 1. The molecule has 0 unspecified atom stereocenters. The van der Waals surface area contributed by atoms with Crippen LogP contribution in [-0.2, 0) is 0 Å². The Balaban J connectivity index is 0.000000575. The van der Waals surface area contributed by atoms with Crippen molar-refractivity contribution in [2.45, 2.75) is 0 Å². The van der Waals surface area contributed by atoms with E-state index in [4.69, 9.17) is 27.8 Å². The third-order valence-electron chi connectivity index (χ3n) is 4.00. The van der Waals surface area contributed by atoms with Crippen LogP contribution >= 0.6 is 0 Å². The van der Waals surface area contributed by atoms with Gasteiger partial charge in [0, 0.05) is 5.56 Å². The Kier molecular flexibility index (Phi) is 8.18. The SMILES string of the molecule is COc1ccc(-c2cc(=[NH+]CCN(C)C)c3cc(O)ccc3o2)cc1.[O-][Cl+3]([O-])([O-])[O-]. The standard InChI is InChI=1S/C20H22N2O3.ClHO4/c1-22(2)11-10-21-18-13-20(14-4-7-16(24-3)8-5-14)25-19-9-6-15(23)12-17(18)19;2-1(3,4)5/h4-9,12-13,23H,10-11H2,1-3H3;(H,2,3,4,5). The highest BCUT2D eigenvalue weighted by molar-refractivity contribution is 5.79. The van der Waals surface area contributed by atoms with Crippen LogP contribution in [0, 0.1) is 10.2 Å². The Morgan fingerprint density at radius 2 is 1.67 bits per heavy atom. The van der Waals surface area contributed by atoms with Crippen molar-refractivity contribution in [2.24, 2.45) is 0 Å². The predicted molar refractivity (Wildman–Crippen MR) is 97.4 cm³/mol. The third-order valence-corrected chi connectivity index (χ3v) is 4.00. The van der Waals surface area contributed by atoms with E-state index >= 15 is 0 Å². The highest BCUT2D eigenvalue weighted by Crippen LogP contribution is 2.25. The topological polar surface area (TPSA) is 152 Å². The molecule has 0 amide bonds. The normalized spacial score (nSPS) is 12.1. The van der Waals surface area contributed by atoms with E-state index in [0.29, 0.717) is 0 Å². The van der Waals surface area contributed by atoms with Gasteiger partial charge >= 0.3 is 0 Å². The highest BCUT2D eigenvalue weighted by atomic mass is 35.7. The fourth-order valence-electron chi connectivity index (χ4n) is 2.63. The average molecular weight is 439 g/mol. The molecule has 30 heavy (non-hydrogen) atoms. The fraction of sp³-hybridized carbons (Fsp3) is 0.250. The van der Waals surface area contributed by atoms with Crippen molar-refractivity contribution in [1.82, 2.24) is 4.90 Å². The molecule has 10 heteroatoms. The molecular weight excluding hydrogens is 416 g/mol. The summed E-state index contributed by atoms with van der Waals surface area (Å²) in [4.78, 5) is 5.56. The van der Waals surface area contributed by atoms with Gasteiger partial charge in [0.1, 0.15) is 22.8 Å². The number of phenolic OH excluding ortho intramolecular Hbond substituents is 1. The summed E-state index contributed by atoms with van der Waals surface area (Å²) < 4.78 is 45.2. The van der Waals surface area contributed by atoms with Crippen molar-refractivity contribution in [1.29, 1.82) is 0 Å². The lowest BCUT2D eigenvalue weighted by Crippen LogP contribution is -2.78. The highest BCUT2D eigenvalue weighted by Gasteiger charge is 2.10. The lowest BCUT2D eigenvalue weighted by Gasteiger charge is -2.17. The van der Waals surface area contributed by atoms with Crippen LogP contribution in [0.3, 0.4) is 0 Å². The first-order valence-corrected chi connectivity index (χ1v) is 10.0. The van der Waals surface area contributed by atoms with E-state index in [2.05, 4.69) is 9.89 Å². The average Bonchev–Trinajstić information content (AvgIpc) is 2.66. The number of nitrogens with zero attached hydrogens (tertiary/aromatic N) is 1. The van der Waals surface area contributed by atoms with E-state index in [-0.39, 0.29) is 5.75 Å². The Hall–Kier alpha value is -2.66. The van der Waals surface area contributed by atoms with Crippen LogP contribution < -0.4 is 33.7 Å². The number of aromatic hydroxyl groups is 1. The first-order valence-electron chi connectivity index (χ1n) is 8.81. The molecule has 0 fully saturated rings. The summed E-state index contributed by atoms with van der Waals surface area (Å²) in [5.41, 5.74) is 1.69. The number of likely N-dealkylation sites (N-methyl/N-ethyl adjacent to an activating group) is 1. The zero-order valence-electron chi connectivity index (χ0n) is 16.8. The number of phenols is 1. The van der Waals surface area contributed by atoms with Crippen LogP contribution in [0.25, 0.3) is 22.3 Å². The van der Waals surface area contributed by atoms with E-state index in [1.807, 2.05) is 44.4 Å². The van der Waals surface area contributed by atoms with Crippen LogP contribution in [0.15, 0.2) is 52.9 Å². The summed E-state index contributed by atoms with van der Waals surface area (Å²) in [6, 6.07) is 14.9. The Morgan fingerprint density at radius 1 is 1.03 bits per heavy atom. The first kappa shape index (κ1) is 23.6. The molecule has 9 nitrogen and oxygen atoms in total. The number of hydrogen-bond donors (Lipinski definition) is 2. The number of benzene rings is 2. The van der Waals surface area contributed by atoms with Crippen LogP contribution in [-0.4, -0.2) is 44.3 Å². The number of hydrogen-bond acceptors (Lipinski definition) is 8. The largest absolute Gasteiger partial charge is 0.508 e. The number of ether oxygens (including phenoxy) is 1. The first-order chi connectivity index (χ1) is 14.1. The summed E-state index contributed by atoms with van der Waals surface area (Å²) in [5.74, 6) is 1.78. The maximum atomic E-state index is 9.82. The fourth-order valence-corrected chi connectivity index (χ4v) is 2.63. The van der Waals surface area contributed by atoms with Gasteiger partial charge in [0.05, 0.1) is 25.1 Å². The molecule has 1 heterocycles. The smallest absolute Gasteiger partial charge is 0.213 e. The lowest BCUT2D eigenvalue weighted by molar-refractivity contribution is -2.00. The van der Waals surface area contributed by atoms with Gasteiger partial charge in [-0.3, -0.25) is 0 Å². The number of rotatable bonds is 5. The summed E-state index contributed by atoms with van der Waals surface area (Å²) >= 11 is 0. The van der Waals surface area contributed by atoms with E-state index < -0.39 is 10.2 Å². The second kappa shape index (κ2) is 10.4. The van der Waals surface area contributed by atoms with Gasteiger partial charge in [-0.25, -0.2) is 23.6 Å². The quantitative estimate of drug-likeness (QED) is 0.418. The molecule has 0 saturated heterocycles. The number of halogens is 1. The summed E-state index contributed by atoms with van der Waals surface area (Å²) in [5, 5.41) is 11.6. The molecule has 0 spiro atoms. The number of methoxy groups -OCH3 is 1. The van der Waals surface area contributed by atoms with Crippen LogP contribution in [0.2, 0.25) is 0 Å². The predicted octanol–water partition coefficient (Wildman–Crippen LogP) is -3.40.